The first-order valence-corrected chi connectivity index (χ1v) is 5.52. The van der Waals surface area contributed by atoms with Gasteiger partial charge in [-0.05, 0) is 24.3 Å². The summed E-state index contributed by atoms with van der Waals surface area (Å²) >= 11 is 0. The maximum Gasteiger partial charge on any atom is 0.573 e. The number of hydrogen-bond donors (Lipinski definition) is 1. The van der Waals surface area contributed by atoms with Crippen molar-refractivity contribution in [2.24, 2.45) is 7.05 Å². The zero-order valence-electron chi connectivity index (χ0n) is 10.6. The fraction of sp³-hybridized carbons (Fsp3) is 0.273. The number of benzene rings is 1. The van der Waals surface area contributed by atoms with Gasteiger partial charge in [0.25, 0.3) is 0 Å². The van der Waals surface area contributed by atoms with Crippen LogP contribution in [0, 0.1) is 0 Å². The molecule has 108 valence electrons. The predicted molar refractivity (Wildman–Crippen MR) is 65.0 cm³/mol. The van der Waals surface area contributed by atoms with Crippen LogP contribution >= 0.6 is 0 Å². The zero-order valence-corrected chi connectivity index (χ0v) is 10.6. The topological polar surface area (TPSA) is 61.1 Å². The molecule has 0 unspecified atom stereocenters. The second kappa shape index (κ2) is 4.91. The van der Waals surface area contributed by atoms with Crippen molar-refractivity contribution in [3.63, 3.8) is 0 Å². The molecule has 0 bridgehead atoms. The summed E-state index contributed by atoms with van der Waals surface area (Å²) in [6.45, 7) is 0. The summed E-state index contributed by atoms with van der Waals surface area (Å²) < 4.78 is 42.3. The van der Waals surface area contributed by atoms with Crippen molar-refractivity contribution in [3.8, 4) is 11.4 Å². The first kappa shape index (κ1) is 14.0. The molecule has 9 heteroatoms. The van der Waals surface area contributed by atoms with Crippen molar-refractivity contribution in [2.75, 3.05) is 12.4 Å². The SMILES string of the molecule is CNc1nn(C)c(=O)n1-c1ccc(OC(F)(F)F)cc1. The van der Waals surface area contributed by atoms with Crippen LogP contribution in [0.1, 0.15) is 0 Å². The number of alkyl halides is 3. The molecule has 1 N–H and O–H groups in total. The van der Waals surface area contributed by atoms with Crippen molar-refractivity contribution < 1.29 is 17.9 Å². The number of aromatic nitrogens is 3. The molecule has 0 amide bonds. The van der Waals surface area contributed by atoms with E-state index in [1.807, 2.05) is 0 Å². The molecule has 0 fully saturated rings. The molecule has 0 saturated carbocycles. The van der Waals surface area contributed by atoms with Crippen LogP contribution in [0.5, 0.6) is 5.75 Å². The highest BCUT2D eigenvalue weighted by Crippen LogP contribution is 2.23. The van der Waals surface area contributed by atoms with E-state index < -0.39 is 12.1 Å². The molecule has 0 radical (unpaired) electrons. The van der Waals surface area contributed by atoms with Crippen LogP contribution in [0.25, 0.3) is 5.69 Å². The maximum atomic E-state index is 12.1. The largest absolute Gasteiger partial charge is 0.573 e. The van der Waals surface area contributed by atoms with Crippen molar-refractivity contribution >= 4 is 5.95 Å². The van der Waals surface area contributed by atoms with Crippen LogP contribution in [-0.2, 0) is 7.05 Å². The van der Waals surface area contributed by atoms with Crippen molar-refractivity contribution in [1.29, 1.82) is 0 Å². The lowest BCUT2D eigenvalue weighted by Crippen LogP contribution is -2.22. The standard InChI is InChI=1S/C11H11F3N4O2/c1-15-9-16-17(2)10(19)18(9)7-3-5-8(6-4-7)20-11(12,13)14/h3-6H,1-2H3,(H,15,16). The average Bonchev–Trinajstić information content (AvgIpc) is 2.65. The lowest BCUT2D eigenvalue weighted by molar-refractivity contribution is -0.274. The summed E-state index contributed by atoms with van der Waals surface area (Å²) in [7, 11) is 3.06. The van der Waals surface area contributed by atoms with Gasteiger partial charge in [-0.1, -0.05) is 0 Å². The third-order valence-electron chi connectivity index (χ3n) is 2.48. The van der Waals surface area contributed by atoms with E-state index >= 15 is 0 Å². The smallest absolute Gasteiger partial charge is 0.406 e. The van der Waals surface area contributed by atoms with Gasteiger partial charge in [0.05, 0.1) is 5.69 Å². The van der Waals surface area contributed by atoms with Crippen LogP contribution in [0.4, 0.5) is 19.1 Å². The number of anilines is 1. The monoisotopic (exact) mass is 288 g/mol. The Morgan fingerprint density at radius 2 is 1.85 bits per heavy atom. The fourth-order valence-electron chi connectivity index (χ4n) is 1.66. The van der Waals surface area contributed by atoms with Crippen molar-refractivity contribution in [3.05, 3.63) is 34.7 Å². The summed E-state index contributed by atoms with van der Waals surface area (Å²) in [6, 6.07) is 4.93. The Bertz CT molecular complexity index is 658. The highest BCUT2D eigenvalue weighted by molar-refractivity contribution is 5.43. The van der Waals surface area contributed by atoms with Gasteiger partial charge >= 0.3 is 12.1 Å². The van der Waals surface area contributed by atoms with Gasteiger partial charge in [0.1, 0.15) is 5.75 Å². The molecule has 2 rings (SSSR count). The summed E-state index contributed by atoms with van der Waals surface area (Å²) in [4.78, 5) is 11.9. The van der Waals surface area contributed by atoms with E-state index in [4.69, 9.17) is 0 Å². The maximum absolute atomic E-state index is 12.1. The number of aryl methyl sites for hydroxylation is 1. The summed E-state index contributed by atoms with van der Waals surface area (Å²) in [5, 5.41) is 6.66. The number of ether oxygens (including phenoxy) is 1. The number of nitrogens with one attached hydrogen (secondary N) is 1. The molecule has 1 aromatic heterocycles. The van der Waals surface area contributed by atoms with Crippen molar-refractivity contribution in [2.45, 2.75) is 6.36 Å². The normalized spacial score (nSPS) is 11.4. The van der Waals surface area contributed by atoms with Crippen LogP contribution in [-0.4, -0.2) is 27.8 Å². The van der Waals surface area contributed by atoms with Gasteiger partial charge in [-0.15, -0.1) is 18.3 Å². The molecule has 20 heavy (non-hydrogen) atoms. The fourth-order valence-corrected chi connectivity index (χ4v) is 1.66. The van der Waals surface area contributed by atoms with E-state index in [2.05, 4.69) is 15.2 Å². The highest BCUT2D eigenvalue weighted by Gasteiger charge is 2.31. The Morgan fingerprint density at radius 1 is 1.25 bits per heavy atom. The van der Waals surface area contributed by atoms with Crippen LogP contribution in [0.3, 0.4) is 0 Å². The average molecular weight is 288 g/mol. The molecule has 6 nitrogen and oxygen atoms in total. The quantitative estimate of drug-likeness (QED) is 0.930. The minimum atomic E-state index is -4.75. The highest BCUT2D eigenvalue weighted by atomic mass is 19.4. The molecule has 0 aliphatic heterocycles. The van der Waals surface area contributed by atoms with Crippen LogP contribution in [0.2, 0.25) is 0 Å². The number of halogens is 3. The minimum Gasteiger partial charge on any atom is -0.406 e. The Balaban J connectivity index is 2.38. The van der Waals surface area contributed by atoms with E-state index in [-0.39, 0.29) is 11.7 Å². The molecular formula is C11H11F3N4O2. The van der Waals surface area contributed by atoms with Crippen molar-refractivity contribution in [1.82, 2.24) is 14.3 Å². The van der Waals surface area contributed by atoms with E-state index in [0.29, 0.717) is 5.69 Å². The Hall–Kier alpha value is -2.45. The molecule has 1 aromatic carbocycles. The van der Waals surface area contributed by atoms with Crippen LogP contribution < -0.4 is 15.7 Å². The summed E-state index contributed by atoms with van der Waals surface area (Å²) in [5.74, 6) is -0.0776. The first-order valence-electron chi connectivity index (χ1n) is 5.52. The molecule has 0 aliphatic rings. The number of rotatable bonds is 3. The third-order valence-corrected chi connectivity index (χ3v) is 2.48. The lowest BCUT2D eigenvalue weighted by atomic mass is 10.3. The van der Waals surface area contributed by atoms with Gasteiger partial charge in [0.15, 0.2) is 0 Å². The number of nitrogens with zero attached hydrogens (tertiary/aromatic N) is 3. The van der Waals surface area contributed by atoms with E-state index in [1.165, 1.54) is 23.7 Å². The Labute approximate surface area is 111 Å². The lowest BCUT2D eigenvalue weighted by Gasteiger charge is -2.09. The molecule has 0 aliphatic carbocycles. The second-order valence-electron chi connectivity index (χ2n) is 3.86. The predicted octanol–water partition coefficient (Wildman–Crippen LogP) is 1.51. The Morgan fingerprint density at radius 3 is 2.35 bits per heavy atom. The van der Waals surface area contributed by atoms with E-state index in [9.17, 15) is 18.0 Å². The van der Waals surface area contributed by atoms with E-state index in [1.54, 1.807) is 7.05 Å². The van der Waals surface area contributed by atoms with Gasteiger partial charge in [0, 0.05) is 14.1 Å². The Kier molecular flexibility index (Phi) is 3.43. The minimum absolute atomic E-state index is 0.280. The molecule has 0 saturated heterocycles. The van der Waals surface area contributed by atoms with Crippen LogP contribution in [0.15, 0.2) is 29.1 Å². The van der Waals surface area contributed by atoms with Gasteiger partial charge in [-0.25, -0.2) is 14.0 Å². The molecular weight excluding hydrogens is 277 g/mol. The second-order valence-corrected chi connectivity index (χ2v) is 3.86. The zero-order chi connectivity index (χ0) is 14.9. The summed E-state index contributed by atoms with van der Waals surface area (Å²) in [6.07, 6.45) is -4.75. The van der Waals surface area contributed by atoms with Gasteiger partial charge in [0.2, 0.25) is 5.95 Å². The molecule has 1 heterocycles. The van der Waals surface area contributed by atoms with Gasteiger partial charge < -0.3 is 10.1 Å². The van der Waals surface area contributed by atoms with Gasteiger partial charge in [-0.2, -0.15) is 0 Å². The first-order chi connectivity index (χ1) is 9.31. The number of hydrogen-bond acceptors (Lipinski definition) is 4. The molecule has 0 spiro atoms. The third kappa shape index (κ3) is 2.76. The molecule has 2 aromatic rings. The molecule has 0 atom stereocenters. The summed E-state index contributed by atoms with van der Waals surface area (Å²) in [5.41, 5.74) is -0.0409. The van der Waals surface area contributed by atoms with E-state index in [0.717, 1.165) is 16.8 Å². The van der Waals surface area contributed by atoms with Gasteiger partial charge in [-0.3, -0.25) is 0 Å².